The zero-order valence-electron chi connectivity index (χ0n) is 10.4. The van der Waals surface area contributed by atoms with Crippen LogP contribution in [-0.4, -0.2) is 50.2 Å². The third kappa shape index (κ3) is 1.96. The number of likely N-dealkylation sites (tertiary alicyclic amines) is 1. The van der Waals surface area contributed by atoms with Crippen molar-refractivity contribution in [3.05, 3.63) is 11.6 Å². The van der Waals surface area contributed by atoms with Crippen LogP contribution in [-0.2, 0) is 4.79 Å². The van der Waals surface area contributed by atoms with E-state index >= 15 is 0 Å². The Kier molecular flexibility index (Phi) is 3.06. The average Bonchev–Trinajstić information content (AvgIpc) is 2.95. The van der Waals surface area contributed by atoms with E-state index in [1.54, 1.807) is 6.92 Å². The molecule has 0 radical (unpaired) electrons. The van der Waals surface area contributed by atoms with Crippen LogP contribution in [0.5, 0.6) is 0 Å². The molecular weight excluding hydrogens is 236 g/mol. The minimum Gasteiger partial charge on any atom is -0.481 e. The molecule has 1 unspecified atom stereocenters. The first-order valence-electron chi connectivity index (χ1n) is 5.90. The molecule has 2 heterocycles. The van der Waals surface area contributed by atoms with Crippen molar-refractivity contribution >= 4 is 11.9 Å². The molecule has 0 aromatic carbocycles. The molecule has 1 fully saturated rings. The fourth-order valence-corrected chi connectivity index (χ4v) is 2.24. The molecule has 1 atom stereocenters. The Hall–Kier alpha value is -1.92. The van der Waals surface area contributed by atoms with Crippen molar-refractivity contribution in [1.82, 2.24) is 20.1 Å². The lowest BCUT2D eigenvalue weighted by molar-refractivity contribution is -0.148. The van der Waals surface area contributed by atoms with Crippen molar-refractivity contribution in [3.63, 3.8) is 0 Å². The van der Waals surface area contributed by atoms with Crippen LogP contribution in [0.25, 0.3) is 0 Å². The van der Waals surface area contributed by atoms with Crippen molar-refractivity contribution < 1.29 is 14.7 Å². The Morgan fingerprint density at radius 1 is 1.56 bits per heavy atom. The van der Waals surface area contributed by atoms with E-state index < -0.39 is 11.4 Å². The monoisotopic (exact) mass is 252 g/mol. The van der Waals surface area contributed by atoms with Gasteiger partial charge in [0.1, 0.15) is 5.82 Å². The van der Waals surface area contributed by atoms with Gasteiger partial charge in [0, 0.05) is 13.1 Å². The smallest absolute Gasteiger partial charge is 0.311 e. The maximum absolute atomic E-state index is 12.1. The van der Waals surface area contributed by atoms with Crippen LogP contribution in [0.4, 0.5) is 0 Å². The second kappa shape index (κ2) is 4.40. The molecule has 0 spiro atoms. The average molecular weight is 252 g/mol. The van der Waals surface area contributed by atoms with E-state index in [4.69, 9.17) is 0 Å². The highest BCUT2D eigenvalue weighted by Crippen LogP contribution is 2.34. The first-order valence-corrected chi connectivity index (χ1v) is 5.90. The minimum absolute atomic E-state index is 0.102. The van der Waals surface area contributed by atoms with Crippen LogP contribution in [0.2, 0.25) is 0 Å². The lowest BCUT2D eigenvalue weighted by atomic mass is 9.84. The van der Waals surface area contributed by atoms with E-state index in [1.807, 2.05) is 6.92 Å². The van der Waals surface area contributed by atoms with Crippen LogP contribution in [0.15, 0.2) is 0 Å². The molecule has 0 saturated carbocycles. The van der Waals surface area contributed by atoms with Crippen LogP contribution < -0.4 is 0 Å². The Morgan fingerprint density at radius 3 is 2.72 bits per heavy atom. The summed E-state index contributed by atoms with van der Waals surface area (Å²) in [5, 5.41) is 15.7. The van der Waals surface area contributed by atoms with Gasteiger partial charge >= 0.3 is 5.97 Å². The molecule has 0 aliphatic carbocycles. The van der Waals surface area contributed by atoms with E-state index in [9.17, 15) is 14.7 Å². The maximum atomic E-state index is 12.1. The van der Waals surface area contributed by atoms with E-state index in [0.29, 0.717) is 25.2 Å². The number of rotatable bonds is 3. The number of nitrogens with one attached hydrogen (secondary N) is 1. The van der Waals surface area contributed by atoms with E-state index in [1.165, 1.54) is 4.90 Å². The first kappa shape index (κ1) is 12.5. The van der Waals surface area contributed by atoms with E-state index in [-0.39, 0.29) is 18.3 Å². The van der Waals surface area contributed by atoms with Gasteiger partial charge in [-0.15, -0.1) is 5.10 Å². The number of carboxylic acid groups (broad SMARTS) is 1. The van der Waals surface area contributed by atoms with Crippen molar-refractivity contribution in [3.8, 4) is 0 Å². The molecule has 98 valence electrons. The molecule has 1 aromatic rings. The number of nitrogens with zero attached hydrogens (tertiary/aromatic N) is 3. The normalized spacial score (nSPS) is 23.3. The summed E-state index contributed by atoms with van der Waals surface area (Å²) < 4.78 is 0. The quantitative estimate of drug-likeness (QED) is 0.813. The van der Waals surface area contributed by atoms with Gasteiger partial charge in [-0.1, -0.05) is 6.92 Å². The minimum atomic E-state index is -0.841. The van der Waals surface area contributed by atoms with E-state index in [2.05, 4.69) is 15.2 Å². The topological polar surface area (TPSA) is 99.2 Å². The number of aromatic amines is 1. The van der Waals surface area contributed by atoms with E-state index in [0.717, 1.165) is 0 Å². The molecule has 0 bridgehead atoms. The summed E-state index contributed by atoms with van der Waals surface area (Å²) in [4.78, 5) is 28.8. The highest BCUT2D eigenvalue weighted by Gasteiger charge is 2.45. The maximum Gasteiger partial charge on any atom is 0.311 e. The van der Waals surface area contributed by atoms with Gasteiger partial charge in [0.15, 0.2) is 0 Å². The van der Waals surface area contributed by atoms with Gasteiger partial charge in [0.25, 0.3) is 5.91 Å². The zero-order valence-corrected chi connectivity index (χ0v) is 10.4. The summed E-state index contributed by atoms with van der Waals surface area (Å²) in [6.07, 6.45) is 0.993. The van der Waals surface area contributed by atoms with Crippen LogP contribution >= 0.6 is 0 Å². The van der Waals surface area contributed by atoms with Gasteiger partial charge in [0.05, 0.1) is 5.41 Å². The molecule has 1 amide bonds. The SMILES string of the molecule is CCC1(C(=O)O)CCN(C(=O)c2n[nH]c(C)n2)C1. The molecule has 18 heavy (non-hydrogen) atoms. The molecule has 1 saturated heterocycles. The number of carboxylic acids is 1. The molecule has 1 aliphatic rings. The van der Waals surface area contributed by atoms with Gasteiger partial charge in [-0.2, -0.15) is 0 Å². The van der Waals surface area contributed by atoms with Crippen LogP contribution in [0.3, 0.4) is 0 Å². The number of carbonyl (C=O) groups excluding carboxylic acids is 1. The largest absolute Gasteiger partial charge is 0.481 e. The van der Waals surface area contributed by atoms with Crippen LogP contribution in [0, 0.1) is 12.3 Å². The number of carbonyl (C=O) groups is 2. The first-order chi connectivity index (χ1) is 8.48. The van der Waals surface area contributed by atoms with Gasteiger partial charge in [-0.25, -0.2) is 4.98 Å². The Morgan fingerprint density at radius 2 is 2.28 bits per heavy atom. The number of aromatic nitrogens is 3. The number of aryl methyl sites for hydroxylation is 1. The molecule has 2 N–H and O–H groups in total. The predicted octanol–water partition coefficient (Wildman–Crippen LogP) is 0.440. The molecule has 7 heteroatoms. The summed E-state index contributed by atoms with van der Waals surface area (Å²) >= 11 is 0. The van der Waals surface area contributed by atoms with Crippen molar-refractivity contribution in [2.24, 2.45) is 5.41 Å². The highest BCUT2D eigenvalue weighted by molar-refractivity contribution is 5.91. The Labute approximate surface area is 104 Å². The summed E-state index contributed by atoms with van der Waals surface area (Å²) in [5.41, 5.74) is -0.818. The Bertz CT molecular complexity index is 484. The van der Waals surface area contributed by atoms with Gasteiger partial charge < -0.3 is 10.0 Å². The molecule has 1 aromatic heterocycles. The highest BCUT2D eigenvalue weighted by atomic mass is 16.4. The Balaban J connectivity index is 2.13. The van der Waals surface area contributed by atoms with Crippen LogP contribution in [0.1, 0.15) is 36.2 Å². The number of hydrogen-bond acceptors (Lipinski definition) is 4. The fourth-order valence-electron chi connectivity index (χ4n) is 2.24. The summed E-state index contributed by atoms with van der Waals surface area (Å²) in [7, 11) is 0. The number of amides is 1. The zero-order chi connectivity index (χ0) is 13.3. The third-order valence-electron chi connectivity index (χ3n) is 3.56. The predicted molar refractivity (Wildman–Crippen MR) is 62.0 cm³/mol. The fraction of sp³-hybridized carbons (Fsp3) is 0.636. The van der Waals surface area contributed by atoms with Gasteiger partial charge in [-0.3, -0.25) is 14.7 Å². The summed E-state index contributed by atoms with van der Waals surface area (Å²) in [5.74, 6) is -0.482. The standard InChI is InChI=1S/C11H16N4O3/c1-3-11(10(17)18)4-5-15(6-11)9(16)8-12-7(2)13-14-8/h3-6H2,1-2H3,(H,17,18)(H,12,13,14). The second-order valence-electron chi connectivity index (χ2n) is 4.66. The molecular formula is C11H16N4O3. The lowest BCUT2D eigenvalue weighted by Gasteiger charge is -2.22. The van der Waals surface area contributed by atoms with Crippen molar-refractivity contribution in [2.45, 2.75) is 26.7 Å². The van der Waals surface area contributed by atoms with Crippen molar-refractivity contribution in [2.75, 3.05) is 13.1 Å². The summed E-state index contributed by atoms with van der Waals surface area (Å²) in [6.45, 7) is 4.21. The molecule has 7 nitrogen and oxygen atoms in total. The van der Waals surface area contributed by atoms with Crippen molar-refractivity contribution in [1.29, 1.82) is 0 Å². The van der Waals surface area contributed by atoms with Gasteiger partial charge in [-0.05, 0) is 19.8 Å². The summed E-state index contributed by atoms with van der Waals surface area (Å²) in [6, 6.07) is 0. The third-order valence-corrected chi connectivity index (χ3v) is 3.56. The number of H-pyrrole nitrogens is 1. The second-order valence-corrected chi connectivity index (χ2v) is 4.66. The molecule has 2 rings (SSSR count). The lowest BCUT2D eigenvalue weighted by Crippen LogP contribution is -2.36. The number of aliphatic carboxylic acids is 1. The van der Waals surface area contributed by atoms with Gasteiger partial charge in [0.2, 0.25) is 5.82 Å². The number of hydrogen-bond donors (Lipinski definition) is 2. The molecule has 1 aliphatic heterocycles.